The van der Waals surface area contributed by atoms with Crippen molar-refractivity contribution in [3.05, 3.63) is 22.4 Å². The van der Waals surface area contributed by atoms with Gasteiger partial charge in [-0.2, -0.15) is 0 Å². The Morgan fingerprint density at radius 2 is 2.39 bits per heavy atom. The van der Waals surface area contributed by atoms with Gasteiger partial charge in [0.2, 0.25) is 0 Å². The zero-order valence-electron chi connectivity index (χ0n) is 10.5. The Hall–Kier alpha value is -0.810. The molecule has 1 aliphatic carbocycles. The topological polar surface area (TPSA) is 54.3 Å². The molecule has 18 heavy (non-hydrogen) atoms. The number of amides is 1. The van der Waals surface area contributed by atoms with Crippen molar-refractivity contribution in [2.45, 2.75) is 31.8 Å². The molecule has 1 fully saturated rings. The second kappa shape index (κ2) is 5.89. The van der Waals surface area contributed by atoms with Gasteiger partial charge in [0.25, 0.3) is 5.91 Å². The van der Waals surface area contributed by atoms with Crippen molar-refractivity contribution in [1.82, 2.24) is 9.88 Å². The highest BCUT2D eigenvalue weighted by Gasteiger charge is 2.21. The van der Waals surface area contributed by atoms with E-state index < -0.39 is 0 Å². The SMILES string of the molecule is Cn1cc(Br)cc1C(=O)NCC1CCCC(O)C1. The molecule has 5 heteroatoms. The summed E-state index contributed by atoms with van der Waals surface area (Å²) in [4.78, 5) is 12.0. The summed E-state index contributed by atoms with van der Waals surface area (Å²) in [7, 11) is 1.85. The zero-order valence-corrected chi connectivity index (χ0v) is 12.1. The van der Waals surface area contributed by atoms with Crippen molar-refractivity contribution in [3.8, 4) is 0 Å². The first-order chi connectivity index (χ1) is 8.56. The van der Waals surface area contributed by atoms with E-state index in [2.05, 4.69) is 21.2 Å². The minimum atomic E-state index is -0.190. The molecular weight excluding hydrogens is 296 g/mol. The predicted molar refractivity (Wildman–Crippen MR) is 73.4 cm³/mol. The Bertz CT molecular complexity index is 431. The van der Waals surface area contributed by atoms with Crippen LogP contribution in [0.25, 0.3) is 0 Å². The molecule has 2 rings (SSSR count). The average molecular weight is 315 g/mol. The number of aromatic nitrogens is 1. The second-order valence-electron chi connectivity index (χ2n) is 5.05. The number of nitrogens with zero attached hydrogens (tertiary/aromatic N) is 1. The lowest BCUT2D eigenvalue weighted by Crippen LogP contribution is -2.33. The number of halogens is 1. The van der Waals surface area contributed by atoms with E-state index >= 15 is 0 Å². The number of hydrogen-bond acceptors (Lipinski definition) is 2. The van der Waals surface area contributed by atoms with E-state index in [9.17, 15) is 9.90 Å². The highest BCUT2D eigenvalue weighted by atomic mass is 79.9. The predicted octanol–water partition coefficient (Wildman–Crippen LogP) is 2.07. The molecule has 4 nitrogen and oxygen atoms in total. The van der Waals surface area contributed by atoms with Crippen LogP contribution in [0.15, 0.2) is 16.7 Å². The third kappa shape index (κ3) is 3.36. The summed E-state index contributed by atoms with van der Waals surface area (Å²) >= 11 is 3.35. The molecule has 0 saturated heterocycles. The van der Waals surface area contributed by atoms with Crippen molar-refractivity contribution in [2.75, 3.05) is 6.54 Å². The van der Waals surface area contributed by atoms with Gasteiger partial charge in [0, 0.05) is 24.3 Å². The van der Waals surface area contributed by atoms with Gasteiger partial charge < -0.3 is 15.0 Å². The van der Waals surface area contributed by atoms with E-state index in [-0.39, 0.29) is 12.0 Å². The first-order valence-electron chi connectivity index (χ1n) is 6.34. The summed E-state index contributed by atoms with van der Waals surface area (Å²) in [6.07, 6.45) is 5.52. The smallest absolute Gasteiger partial charge is 0.267 e. The lowest BCUT2D eigenvalue weighted by atomic mass is 9.87. The fraction of sp³-hybridized carbons (Fsp3) is 0.615. The average Bonchev–Trinajstić information content (AvgIpc) is 2.66. The maximum Gasteiger partial charge on any atom is 0.267 e. The van der Waals surface area contributed by atoms with Crippen LogP contribution in [0.4, 0.5) is 0 Å². The van der Waals surface area contributed by atoms with Crippen LogP contribution in [0, 0.1) is 5.92 Å². The van der Waals surface area contributed by atoms with E-state index in [4.69, 9.17) is 0 Å². The molecule has 0 aromatic carbocycles. The Morgan fingerprint density at radius 1 is 1.61 bits per heavy atom. The summed E-state index contributed by atoms with van der Waals surface area (Å²) < 4.78 is 2.71. The van der Waals surface area contributed by atoms with Crippen LogP contribution in [-0.4, -0.2) is 28.2 Å². The number of nitrogens with one attached hydrogen (secondary N) is 1. The normalized spacial score (nSPS) is 23.9. The molecule has 2 N–H and O–H groups in total. The van der Waals surface area contributed by atoms with Crippen molar-refractivity contribution in [1.29, 1.82) is 0 Å². The van der Waals surface area contributed by atoms with Gasteiger partial charge in [-0.05, 0) is 47.2 Å². The highest BCUT2D eigenvalue weighted by Crippen LogP contribution is 2.23. The number of carbonyl (C=O) groups excluding carboxylic acids is 1. The van der Waals surface area contributed by atoms with Crippen molar-refractivity contribution in [3.63, 3.8) is 0 Å². The molecule has 100 valence electrons. The quantitative estimate of drug-likeness (QED) is 0.897. The summed E-state index contributed by atoms with van der Waals surface area (Å²) in [5, 5.41) is 12.5. The van der Waals surface area contributed by atoms with E-state index in [1.165, 1.54) is 0 Å². The van der Waals surface area contributed by atoms with Gasteiger partial charge in [-0.3, -0.25) is 4.79 Å². The van der Waals surface area contributed by atoms with Crippen molar-refractivity contribution < 1.29 is 9.90 Å². The number of rotatable bonds is 3. The van der Waals surface area contributed by atoms with Crippen molar-refractivity contribution in [2.24, 2.45) is 13.0 Å². The number of aliphatic hydroxyl groups is 1. The van der Waals surface area contributed by atoms with Crippen LogP contribution in [-0.2, 0) is 7.05 Å². The third-order valence-corrected chi connectivity index (χ3v) is 3.94. The molecule has 1 aliphatic rings. The minimum Gasteiger partial charge on any atom is -0.393 e. The number of aryl methyl sites for hydroxylation is 1. The van der Waals surface area contributed by atoms with Crippen LogP contribution in [0.5, 0.6) is 0 Å². The fourth-order valence-electron chi connectivity index (χ4n) is 2.53. The molecule has 0 radical (unpaired) electrons. The van der Waals surface area contributed by atoms with E-state index in [1.54, 1.807) is 4.57 Å². The number of hydrogen-bond donors (Lipinski definition) is 2. The summed E-state index contributed by atoms with van der Waals surface area (Å²) in [6.45, 7) is 0.651. The van der Waals surface area contributed by atoms with Crippen LogP contribution in [0.2, 0.25) is 0 Å². The van der Waals surface area contributed by atoms with E-state index in [0.717, 1.165) is 30.2 Å². The van der Waals surface area contributed by atoms with Gasteiger partial charge in [0.05, 0.1) is 6.10 Å². The maximum absolute atomic E-state index is 12.0. The fourth-order valence-corrected chi connectivity index (χ4v) is 3.05. The lowest BCUT2D eigenvalue weighted by molar-refractivity contribution is 0.0868. The van der Waals surface area contributed by atoms with Crippen LogP contribution < -0.4 is 5.32 Å². The standard InChI is InChI=1S/C13H19BrN2O2/c1-16-8-10(14)6-12(16)13(18)15-7-9-3-2-4-11(17)5-9/h6,8-9,11,17H,2-5,7H2,1H3,(H,15,18). The van der Waals surface area contributed by atoms with Crippen molar-refractivity contribution >= 4 is 21.8 Å². The van der Waals surface area contributed by atoms with Gasteiger partial charge in [-0.25, -0.2) is 0 Å². The van der Waals surface area contributed by atoms with Gasteiger partial charge in [-0.15, -0.1) is 0 Å². The molecule has 0 bridgehead atoms. The Morgan fingerprint density at radius 3 is 3.00 bits per heavy atom. The Kier molecular flexibility index (Phi) is 4.45. The molecule has 1 heterocycles. The lowest BCUT2D eigenvalue weighted by Gasteiger charge is -2.25. The van der Waals surface area contributed by atoms with Gasteiger partial charge in [0.15, 0.2) is 0 Å². The summed E-state index contributed by atoms with van der Waals surface area (Å²) in [6, 6.07) is 1.81. The largest absolute Gasteiger partial charge is 0.393 e. The highest BCUT2D eigenvalue weighted by molar-refractivity contribution is 9.10. The van der Waals surface area contributed by atoms with Gasteiger partial charge >= 0.3 is 0 Å². The third-order valence-electron chi connectivity index (χ3n) is 3.51. The Balaban J connectivity index is 1.86. The van der Waals surface area contributed by atoms with Crippen LogP contribution in [0.3, 0.4) is 0 Å². The molecule has 1 saturated carbocycles. The molecule has 0 spiro atoms. The molecule has 2 atom stereocenters. The first-order valence-corrected chi connectivity index (χ1v) is 7.13. The monoisotopic (exact) mass is 314 g/mol. The molecule has 2 unspecified atom stereocenters. The molecule has 1 aromatic rings. The van der Waals surface area contributed by atoms with Crippen LogP contribution >= 0.6 is 15.9 Å². The maximum atomic E-state index is 12.0. The Labute approximate surface area is 116 Å². The van der Waals surface area contributed by atoms with E-state index in [1.807, 2.05) is 19.3 Å². The summed E-state index contributed by atoms with van der Waals surface area (Å²) in [5.74, 6) is 0.352. The van der Waals surface area contributed by atoms with E-state index in [0.29, 0.717) is 18.2 Å². The summed E-state index contributed by atoms with van der Waals surface area (Å²) in [5.41, 5.74) is 0.651. The second-order valence-corrected chi connectivity index (χ2v) is 5.97. The molecule has 0 aliphatic heterocycles. The molecular formula is C13H19BrN2O2. The first kappa shape index (κ1) is 13.6. The number of carbonyl (C=O) groups is 1. The molecule has 1 amide bonds. The number of aliphatic hydroxyl groups excluding tert-OH is 1. The van der Waals surface area contributed by atoms with Crippen LogP contribution in [0.1, 0.15) is 36.2 Å². The zero-order chi connectivity index (χ0) is 13.1. The van der Waals surface area contributed by atoms with Gasteiger partial charge in [-0.1, -0.05) is 6.42 Å². The van der Waals surface area contributed by atoms with Gasteiger partial charge in [0.1, 0.15) is 5.69 Å². The molecule has 1 aromatic heterocycles. The minimum absolute atomic E-state index is 0.0525.